The van der Waals surface area contributed by atoms with E-state index in [9.17, 15) is 10.2 Å². The van der Waals surface area contributed by atoms with Crippen LogP contribution < -0.4 is 0 Å². The quantitative estimate of drug-likeness (QED) is 0.701. The number of likely N-dealkylation sites (N-methyl/N-ethyl adjacent to an activating group) is 1. The van der Waals surface area contributed by atoms with Gasteiger partial charge in [0.2, 0.25) is 0 Å². The molecule has 4 aliphatic rings. The molecule has 1 saturated heterocycles. The third-order valence-corrected chi connectivity index (χ3v) is 9.06. The standard InChI is InChI=1S/C26H36N2O2/c1-25-11-8-22-21-7-5-20(29)18-19(21)4-6-23(22)24(25)9-12-26(25,30)10-3-13-28-16-14-27(2)15-17-28/h5,7,18,22-24,29-30H,4,6,8-9,11-17H2,1-2H3/t22-,23-,24+,25+,26+/m1/s1. The van der Waals surface area contributed by atoms with E-state index in [0.717, 1.165) is 64.8 Å². The van der Waals surface area contributed by atoms with Gasteiger partial charge in [0.05, 0.1) is 6.54 Å². The molecule has 162 valence electrons. The number of aryl methyl sites for hydroxylation is 1. The summed E-state index contributed by atoms with van der Waals surface area (Å²) in [5.41, 5.74) is 1.84. The predicted molar refractivity (Wildman–Crippen MR) is 119 cm³/mol. The minimum Gasteiger partial charge on any atom is -0.508 e. The number of benzene rings is 1. The van der Waals surface area contributed by atoms with E-state index in [0.29, 0.717) is 23.5 Å². The van der Waals surface area contributed by atoms with Gasteiger partial charge in [0.15, 0.2) is 0 Å². The van der Waals surface area contributed by atoms with Crippen LogP contribution in [0.5, 0.6) is 5.75 Å². The lowest BCUT2D eigenvalue weighted by Crippen LogP contribution is -2.50. The van der Waals surface area contributed by atoms with Crippen molar-refractivity contribution in [3.63, 3.8) is 0 Å². The van der Waals surface area contributed by atoms with Gasteiger partial charge in [-0.25, -0.2) is 0 Å². The molecule has 0 unspecified atom stereocenters. The molecule has 30 heavy (non-hydrogen) atoms. The summed E-state index contributed by atoms with van der Waals surface area (Å²) in [6, 6.07) is 5.97. The van der Waals surface area contributed by atoms with E-state index in [1.54, 1.807) is 0 Å². The summed E-state index contributed by atoms with van der Waals surface area (Å²) in [6.45, 7) is 7.45. The van der Waals surface area contributed by atoms with Crippen molar-refractivity contribution in [2.24, 2.45) is 17.3 Å². The van der Waals surface area contributed by atoms with Crippen molar-refractivity contribution in [2.45, 2.75) is 57.0 Å². The molecule has 3 fully saturated rings. The summed E-state index contributed by atoms with van der Waals surface area (Å²) in [7, 11) is 2.17. The van der Waals surface area contributed by atoms with E-state index in [1.807, 2.05) is 12.1 Å². The summed E-state index contributed by atoms with van der Waals surface area (Å²) in [5, 5.41) is 21.6. The maximum absolute atomic E-state index is 11.7. The first-order chi connectivity index (χ1) is 14.4. The zero-order valence-corrected chi connectivity index (χ0v) is 18.5. The molecule has 4 nitrogen and oxygen atoms in total. The van der Waals surface area contributed by atoms with Crippen LogP contribution >= 0.6 is 0 Å². The molecule has 1 aromatic rings. The zero-order valence-electron chi connectivity index (χ0n) is 18.5. The normalized spacial score (nSPS) is 38.8. The van der Waals surface area contributed by atoms with Crippen molar-refractivity contribution < 1.29 is 10.2 Å². The Balaban J connectivity index is 1.33. The van der Waals surface area contributed by atoms with Gasteiger partial charge in [-0.2, -0.15) is 0 Å². The number of aromatic hydroxyl groups is 1. The molecule has 2 saturated carbocycles. The van der Waals surface area contributed by atoms with Crippen LogP contribution in [0.1, 0.15) is 56.1 Å². The molecule has 1 aliphatic heterocycles. The number of phenols is 1. The summed E-state index contributed by atoms with van der Waals surface area (Å²) < 4.78 is 0. The molecule has 0 radical (unpaired) electrons. The molecule has 2 N–H and O–H groups in total. The fourth-order valence-corrected chi connectivity index (χ4v) is 7.09. The molecule has 4 heteroatoms. The molecule has 0 bridgehead atoms. The first-order valence-corrected chi connectivity index (χ1v) is 11.8. The van der Waals surface area contributed by atoms with Gasteiger partial charge in [0.25, 0.3) is 0 Å². The number of hydrogen-bond acceptors (Lipinski definition) is 4. The van der Waals surface area contributed by atoms with Crippen molar-refractivity contribution in [2.75, 3.05) is 39.8 Å². The summed E-state index contributed by atoms with van der Waals surface area (Å²) in [6.07, 6.45) is 6.29. The number of phenolic OH excluding ortho intramolecular Hbond substituents is 1. The van der Waals surface area contributed by atoms with E-state index in [1.165, 1.54) is 17.5 Å². The van der Waals surface area contributed by atoms with Crippen molar-refractivity contribution >= 4 is 0 Å². The molecule has 0 aromatic heterocycles. The van der Waals surface area contributed by atoms with Gasteiger partial charge in [0.1, 0.15) is 11.4 Å². The first kappa shape index (κ1) is 20.4. The van der Waals surface area contributed by atoms with Crippen molar-refractivity contribution in [3.05, 3.63) is 29.3 Å². The van der Waals surface area contributed by atoms with Gasteiger partial charge in [-0.1, -0.05) is 24.8 Å². The highest BCUT2D eigenvalue weighted by molar-refractivity contribution is 5.40. The van der Waals surface area contributed by atoms with E-state index in [2.05, 4.69) is 41.7 Å². The van der Waals surface area contributed by atoms with E-state index >= 15 is 0 Å². The van der Waals surface area contributed by atoms with Crippen molar-refractivity contribution in [3.8, 4) is 17.6 Å². The Morgan fingerprint density at radius 1 is 1.10 bits per heavy atom. The maximum atomic E-state index is 11.7. The Morgan fingerprint density at radius 3 is 2.70 bits per heavy atom. The van der Waals surface area contributed by atoms with Crippen LogP contribution in [0, 0.1) is 29.1 Å². The fourth-order valence-electron chi connectivity index (χ4n) is 7.09. The van der Waals surface area contributed by atoms with Gasteiger partial charge < -0.3 is 15.1 Å². The second-order valence-corrected chi connectivity index (χ2v) is 10.5. The second-order valence-electron chi connectivity index (χ2n) is 10.5. The zero-order chi connectivity index (χ0) is 20.9. The van der Waals surface area contributed by atoms with Crippen LogP contribution in [-0.2, 0) is 6.42 Å². The topological polar surface area (TPSA) is 46.9 Å². The Labute approximate surface area is 181 Å². The van der Waals surface area contributed by atoms with Gasteiger partial charge in [0, 0.05) is 31.6 Å². The molecule has 5 atom stereocenters. The molecular formula is C26H36N2O2. The minimum absolute atomic E-state index is 0.0995. The maximum Gasteiger partial charge on any atom is 0.131 e. The number of aliphatic hydroxyl groups is 1. The van der Waals surface area contributed by atoms with Crippen molar-refractivity contribution in [1.29, 1.82) is 0 Å². The smallest absolute Gasteiger partial charge is 0.131 e. The molecule has 0 amide bonds. The summed E-state index contributed by atoms with van der Waals surface area (Å²) in [4.78, 5) is 4.78. The molecule has 1 heterocycles. The third-order valence-electron chi connectivity index (χ3n) is 9.06. The Hall–Kier alpha value is -1.54. The lowest BCUT2D eigenvalue weighted by Gasteiger charge is -2.52. The SMILES string of the molecule is CN1CCN(CC#C[C@]2(O)CC[C@H]3[C@@H]4CCc5cc(O)ccc5[C@H]4CC[C@@]32C)CC1. The van der Waals surface area contributed by atoms with E-state index in [4.69, 9.17) is 0 Å². The van der Waals surface area contributed by atoms with Crippen LogP contribution in [0.25, 0.3) is 0 Å². The Kier molecular flexibility index (Phi) is 5.13. The number of hydrogen-bond donors (Lipinski definition) is 2. The van der Waals surface area contributed by atoms with Crippen LogP contribution in [0.15, 0.2) is 18.2 Å². The lowest BCUT2D eigenvalue weighted by molar-refractivity contribution is -0.0648. The average Bonchev–Trinajstić information content (AvgIpc) is 3.00. The van der Waals surface area contributed by atoms with Gasteiger partial charge in [-0.15, -0.1) is 0 Å². The summed E-state index contributed by atoms with van der Waals surface area (Å²) in [5.74, 6) is 8.92. The van der Waals surface area contributed by atoms with Gasteiger partial charge in [-0.3, -0.25) is 4.90 Å². The number of piperazine rings is 1. The second kappa shape index (κ2) is 7.55. The highest BCUT2D eigenvalue weighted by atomic mass is 16.3. The van der Waals surface area contributed by atoms with Gasteiger partial charge in [-0.05, 0) is 86.6 Å². The van der Waals surface area contributed by atoms with E-state index < -0.39 is 5.60 Å². The average molecular weight is 409 g/mol. The minimum atomic E-state index is -0.843. The Bertz CT molecular complexity index is 866. The monoisotopic (exact) mass is 408 g/mol. The van der Waals surface area contributed by atoms with Crippen LogP contribution in [0.2, 0.25) is 0 Å². The molecule has 3 aliphatic carbocycles. The summed E-state index contributed by atoms with van der Waals surface area (Å²) >= 11 is 0. The van der Waals surface area contributed by atoms with E-state index in [-0.39, 0.29) is 5.41 Å². The largest absolute Gasteiger partial charge is 0.508 e. The molecular weight excluding hydrogens is 372 g/mol. The number of fused-ring (bicyclic) bond motifs is 5. The first-order valence-electron chi connectivity index (χ1n) is 11.8. The highest BCUT2D eigenvalue weighted by Crippen LogP contribution is 2.64. The predicted octanol–water partition coefficient (Wildman–Crippen LogP) is 3.23. The lowest BCUT2D eigenvalue weighted by atomic mass is 9.53. The number of nitrogens with zero attached hydrogens (tertiary/aromatic N) is 2. The van der Waals surface area contributed by atoms with Crippen molar-refractivity contribution in [1.82, 2.24) is 9.80 Å². The third kappa shape index (κ3) is 3.27. The van der Waals surface area contributed by atoms with Crippen LogP contribution in [0.4, 0.5) is 0 Å². The van der Waals surface area contributed by atoms with Crippen LogP contribution in [-0.4, -0.2) is 65.4 Å². The Morgan fingerprint density at radius 2 is 1.90 bits per heavy atom. The molecule has 0 spiro atoms. The highest BCUT2D eigenvalue weighted by Gasteiger charge is 2.61. The fraction of sp³-hybridized carbons (Fsp3) is 0.692. The number of rotatable bonds is 1. The van der Waals surface area contributed by atoms with Crippen LogP contribution in [0.3, 0.4) is 0 Å². The molecule has 5 rings (SSSR count). The van der Waals surface area contributed by atoms with Gasteiger partial charge >= 0.3 is 0 Å². The molecule has 1 aromatic carbocycles.